The lowest BCUT2D eigenvalue weighted by atomic mass is 9.66. The normalized spacial score (nSPS) is 36.1. The Morgan fingerprint density at radius 2 is 1.29 bits per heavy atom. The third kappa shape index (κ3) is 2.78. The Morgan fingerprint density at radius 1 is 0.714 bits per heavy atom. The summed E-state index contributed by atoms with van der Waals surface area (Å²) in [5.41, 5.74) is 1.82. The van der Waals surface area contributed by atoms with Gasteiger partial charge in [-0.05, 0) is 60.8 Å². The molecule has 3 aliphatic carbocycles. The highest BCUT2D eigenvalue weighted by molar-refractivity contribution is 5.18. The second-order valence-electron chi connectivity index (χ2n) is 8.25. The zero-order valence-electron chi connectivity index (χ0n) is 13.6. The van der Waals surface area contributed by atoms with E-state index in [9.17, 15) is 0 Å². The average Bonchev–Trinajstić information content (AvgIpc) is 3.28. The van der Waals surface area contributed by atoms with E-state index in [2.05, 4.69) is 6.20 Å². The average molecular weight is 286 g/mol. The van der Waals surface area contributed by atoms with Crippen LogP contribution >= 0.6 is 0 Å². The summed E-state index contributed by atoms with van der Waals surface area (Å²) in [5.74, 6) is 4.76. The molecule has 117 valence electrons. The molecule has 1 heterocycles. The summed E-state index contributed by atoms with van der Waals surface area (Å²) in [7, 11) is 0. The highest BCUT2D eigenvalue weighted by atomic mass is 14.9. The molecular weight excluding hydrogens is 254 g/mol. The van der Waals surface area contributed by atoms with Crippen molar-refractivity contribution in [1.82, 2.24) is 5.32 Å². The molecule has 1 aliphatic heterocycles. The van der Waals surface area contributed by atoms with Crippen molar-refractivity contribution in [3.8, 4) is 0 Å². The minimum absolute atomic E-state index is 0.906. The van der Waals surface area contributed by atoms with Gasteiger partial charge < -0.3 is 0 Å². The Labute approximate surface area is 131 Å². The zero-order chi connectivity index (χ0) is 14.1. The van der Waals surface area contributed by atoms with Crippen molar-refractivity contribution >= 4 is 0 Å². The molecule has 1 heteroatoms. The van der Waals surface area contributed by atoms with E-state index in [1.54, 1.807) is 0 Å². The maximum atomic E-state index is 4.89. The van der Waals surface area contributed by atoms with E-state index in [1.807, 2.05) is 5.57 Å². The third-order valence-electron chi connectivity index (χ3n) is 7.14. The summed E-state index contributed by atoms with van der Waals surface area (Å²) in [4.78, 5) is 0. The zero-order valence-corrected chi connectivity index (χ0v) is 13.6. The first-order valence-corrected chi connectivity index (χ1v) is 9.80. The smallest absolute Gasteiger partial charge is 0.0426 e. The highest BCUT2D eigenvalue weighted by Gasteiger charge is 2.42. The SMILES string of the molecule is C1=C(C2CCCC2)C(C2CCCC2)C(C2CCCC2)C[N]1. The summed E-state index contributed by atoms with van der Waals surface area (Å²) in [5, 5.41) is 4.89. The molecule has 3 saturated carbocycles. The van der Waals surface area contributed by atoms with E-state index < -0.39 is 0 Å². The van der Waals surface area contributed by atoms with Crippen molar-refractivity contribution in [2.24, 2.45) is 29.6 Å². The van der Waals surface area contributed by atoms with Crippen molar-refractivity contribution < 1.29 is 0 Å². The van der Waals surface area contributed by atoms with E-state index >= 15 is 0 Å². The topological polar surface area (TPSA) is 14.1 Å². The van der Waals surface area contributed by atoms with Crippen LogP contribution in [0.1, 0.15) is 77.0 Å². The first-order chi connectivity index (χ1) is 10.4. The first-order valence-electron chi connectivity index (χ1n) is 9.80. The van der Waals surface area contributed by atoms with Gasteiger partial charge in [0.15, 0.2) is 0 Å². The molecule has 4 aliphatic rings. The second-order valence-corrected chi connectivity index (χ2v) is 8.25. The summed E-state index contributed by atoms with van der Waals surface area (Å²) < 4.78 is 0. The summed E-state index contributed by atoms with van der Waals surface area (Å²) in [6.07, 6.45) is 20.2. The molecule has 0 aromatic rings. The van der Waals surface area contributed by atoms with Crippen molar-refractivity contribution in [3.05, 3.63) is 11.8 Å². The number of hydrogen-bond acceptors (Lipinski definition) is 0. The lowest BCUT2D eigenvalue weighted by Crippen LogP contribution is -2.39. The predicted octanol–water partition coefficient (Wildman–Crippen LogP) is 5.29. The molecule has 2 unspecified atom stereocenters. The summed E-state index contributed by atoms with van der Waals surface area (Å²) in [6, 6.07) is 0. The Kier molecular flexibility index (Phi) is 4.27. The molecule has 0 aromatic heterocycles. The molecule has 0 bridgehead atoms. The van der Waals surface area contributed by atoms with Gasteiger partial charge in [0, 0.05) is 12.7 Å². The van der Waals surface area contributed by atoms with Crippen molar-refractivity contribution in [2.45, 2.75) is 77.0 Å². The molecule has 2 atom stereocenters. The van der Waals surface area contributed by atoms with Gasteiger partial charge in [0.25, 0.3) is 0 Å². The van der Waals surface area contributed by atoms with Crippen LogP contribution in [0.15, 0.2) is 11.8 Å². The summed E-state index contributed by atoms with van der Waals surface area (Å²) >= 11 is 0. The number of nitrogens with zero attached hydrogens (tertiary/aromatic N) is 1. The molecular formula is C20H32N. The standard InChI is InChI=1S/C20H32N/c1-2-8-15(7-1)18-13-21-14-19(16-9-3-4-10-16)20(18)17-11-5-6-12-17/h13,15-17,19-20H,1-12,14H2. The Morgan fingerprint density at radius 3 is 1.95 bits per heavy atom. The summed E-state index contributed by atoms with van der Waals surface area (Å²) in [6.45, 7) is 1.15. The van der Waals surface area contributed by atoms with Gasteiger partial charge in [-0.15, -0.1) is 0 Å². The monoisotopic (exact) mass is 286 g/mol. The van der Waals surface area contributed by atoms with Crippen molar-refractivity contribution in [2.75, 3.05) is 6.54 Å². The fourth-order valence-electron chi connectivity index (χ4n) is 6.13. The van der Waals surface area contributed by atoms with E-state index in [0.717, 1.165) is 36.1 Å². The molecule has 21 heavy (non-hydrogen) atoms. The maximum Gasteiger partial charge on any atom is 0.0426 e. The molecule has 0 aromatic carbocycles. The van der Waals surface area contributed by atoms with E-state index in [-0.39, 0.29) is 0 Å². The number of hydrogen-bond donors (Lipinski definition) is 0. The van der Waals surface area contributed by atoms with Crippen molar-refractivity contribution in [1.29, 1.82) is 0 Å². The van der Waals surface area contributed by atoms with Gasteiger partial charge in [-0.25, -0.2) is 0 Å². The maximum absolute atomic E-state index is 4.89. The Bertz CT molecular complexity index is 367. The quantitative estimate of drug-likeness (QED) is 0.669. The number of rotatable bonds is 3. The molecule has 1 radical (unpaired) electrons. The van der Waals surface area contributed by atoms with Gasteiger partial charge in [0.05, 0.1) is 0 Å². The van der Waals surface area contributed by atoms with Gasteiger partial charge in [-0.2, -0.15) is 0 Å². The van der Waals surface area contributed by atoms with Crippen LogP contribution in [0, 0.1) is 29.6 Å². The molecule has 0 N–H and O–H groups in total. The van der Waals surface area contributed by atoms with Crippen LogP contribution in [0.25, 0.3) is 0 Å². The Hall–Kier alpha value is -0.460. The third-order valence-corrected chi connectivity index (χ3v) is 7.14. The molecule has 0 saturated heterocycles. The molecule has 4 rings (SSSR count). The molecule has 3 fully saturated rings. The van der Waals surface area contributed by atoms with Gasteiger partial charge in [-0.1, -0.05) is 51.4 Å². The second kappa shape index (κ2) is 6.34. The van der Waals surface area contributed by atoms with E-state index in [0.29, 0.717) is 0 Å². The Balaban J connectivity index is 1.59. The van der Waals surface area contributed by atoms with Crippen LogP contribution in [-0.4, -0.2) is 6.54 Å². The van der Waals surface area contributed by atoms with Crippen LogP contribution in [0.3, 0.4) is 0 Å². The van der Waals surface area contributed by atoms with Crippen LogP contribution in [0.4, 0.5) is 0 Å². The fraction of sp³-hybridized carbons (Fsp3) is 0.900. The van der Waals surface area contributed by atoms with E-state index in [4.69, 9.17) is 5.32 Å². The first kappa shape index (κ1) is 14.2. The van der Waals surface area contributed by atoms with Crippen molar-refractivity contribution in [3.63, 3.8) is 0 Å². The largest absolute Gasteiger partial charge is 0.293 e. The van der Waals surface area contributed by atoms with E-state index in [1.165, 1.54) is 77.0 Å². The van der Waals surface area contributed by atoms with Gasteiger partial charge in [-0.3, -0.25) is 5.32 Å². The lowest BCUT2D eigenvalue weighted by Gasteiger charge is -2.41. The van der Waals surface area contributed by atoms with Crippen LogP contribution < -0.4 is 5.32 Å². The minimum atomic E-state index is 0.906. The molecule has 0 amide bonds. The number of allylic oxidation sites excluding steroid dienone is 1. The molecule has 1 nitrogen and oxygen atoms in total. The highest BCUT2D eigenvalue weighted by Crippen LogP contribution is 2.50. The van der Waals surface area contributed by atoms with Crippen LogP contribution in [0.5, 0.6) is 0 Å². The molecule has 0 spiro atoms. The van der Waals surface area contributed by atoms with Gasteiger partial charge in [0.2, 0.25) is 0 Å². The fourth-order valence-corrected chi connectivity index (χ4v) is 6.13. The lowest BCUT2D eigenvalue weighted by molar-refractivity contribution is 0.167. The van der Waals surface area contributed by atoms with Gasteiger partial charge in [0.1, 0.15) is 0 Å². The van der Waals surface area contributed by atoms with Gasteiger partial charge >= 0.3 is 0 Å². The predicted molar refractivity (Wildman–Crippen MR) is 87.9 cm³/mol. The van der Waals surface area contributed by atoms with Crippen LogP contribution in [0.2, 0.25) is 0 Å². The minimum Gasteiger partial charge on any atom is -0.293 e. The van der Waals surface area contributed by atoms with Crippen LogP contribution in [-0.2, 0) is 0 Å².